The maximum atomic E-state index is 12.8. The summed E-state index contributed by atoms with van der Waals surface area (Å²) in [6.45, 7) is 4.56. The lowest BCUT2D eigenvalue weighted by Gasteiger charge is -2.34. The van der Waals surface area contributed by atoms with Gasteiger partial charge in [0.25, 0.3) is 15.9 Å². The first-order chi connectivity index (χ1) is 19.4. The van der Waals surface area contributed by atoms with Crippen LogP contribution in [0.25, 0.3) is 10.2 Å². The number of piperazine rings is 1. The molecule has 1 amide bonds. The van der Waals surface area contributed by atoms with Crippen LogP contribution >= 0.6 is 23.7 Å². The van der Waals surface area contributed by atoms with Gasteiger partial charge >= 0.3 is 0 Å². The highest BCUT2D eigenvalue weighted by Gasteiger charge is 2.22. The van der Waals surface area contributed by atoms with E-state index in [1.54, 1.807) is 62.0 Å². The lowest BCUT2D eigenvalue weighted by molar-refractivity contribution is 0.0948. The molecule has 5 rings (SSSR count). The predicted octanol–water partition coefficient (Wildman–Crippen LogP) is 4.09. The van der Waals surface area contributed by atoms with E-state index in [0.717, 1.165) is 41.5 Å². The average molecular weight is 618 g/mol. The number of carbonyl (C=O) groups is 1. The van der Waals surface area contributed by atoms with Crippen LogP contribution in [0.15, 0.2) is 71.6 Å². The molecule has 41 heavy (non-hydrogen) atoms. The van der Waals surface area contributed by atoms with E-state index in [4.69, 9.17) is 14.5 Å². The molecule has 4 aromatic rings. The summed E-state index contributed by atoms with van der Waals surface area (Å²) in [5, 5.41) is 3.90. The standard InChI is InChI=1S/C28H31N5O5S2.ClH/c1-37-23-11-12-24-25(26(23)38-2)30-28(39-24)33-17-15-32(16-18-33)14-13-29-27(34)20-7-6-8-21(19-20)31-40(35,36)22-9-4-3-5-10-22;/h3-12,19,31H,13-18H2,1-2H3,(H,29,34);1H. The van der Waals surface area contributed by atoms with Crippen molar-refractivity contribution in [2.24, 2.45) is 0 Å². The first-order valence-electron chi connectivity index (χ1n) is 12.8. The monoisotopic (exact) mass is 617 g/mol. The third-order valence-corrected chi connectivity index (χ3v) is 9.16. The number of carbonyl (C=O) groups excluding carboxylic acids is 1. The largest absolute Gasteiger partial charge is 0.493 e. The molecular formula is C28H32ClN5O5S2. The number of methoxy groups -OCH3 is 2. The van der Waals surface area contributed by atoms with Gasteiger partial charge in [0.2, 0.25) is 0 Å². The van der Waals surface area contributed by atoms with E-state index in [9.17, 15) is 13.2 Å². The Morgan fingerprint density at radius 1 is 0.976 bits per heavy atom. The highest BCUT2D eigenvalue weighted by atomic mass is 35.5. The molecule has 0 atom stereocenters. The summed E-state index contributed by atoms with van der Waals surface area (Å²) < 4.78 is 39.7. The molecule has 2 heterocycles. The van der Waals surface area contributed by atoms with E-state index >= 15 is 0 Å². The smallest absolute Gasteiger partial charge is 0.261 e. The number of sulfonamides is 1. The molecule has 0 aliphatic carbocycles. The summed E-state index contributed by atoms with van der Waals surface area (Å²) in [4.78, 5) is 22.3. The van der Waals surface area contributed by atoms with Crippen molar-refractivity contribution in [2.45, 2.75) is 4.90 Å². The number of rotatable bonds is 10. The maximum absolute atomic E-state index is 12.8. The number of hydrogen-bond acceptors (Lipinski definition) is 9. The van der Waals surface area contributed by atoms with Gasteiger partial charge in [-0.3, -0.25) is 14.4 Å². The molecule has 1 aromatic heterocycles. The lowest BCUT2D eigenvalue weighted by atomic mass is 10.2. The van der Waals surface area contributed by atoms with Crippen LogP contribution in [-0.2, 0) is 10.0 Å². The number of fused-ring (bicyclic) bond motifs is 1. The van der Waals surface area contributed by atoms with Crippen LogP contribution in [0.4, 0.5) is 10.8 Å². The number of thiazole rings is 1. The van der Waals surface area contributed by atoms with Gasteiger partial charge in [-0.15, -0.1) is 12.4 Å². The number of nitrogens with one attached hydrogen (secondary N) is 2. The molecule has 0 spiro atoms. The highest BCUT2D eigenvalue weighted by molar-refractivity contribution is 7.92. The van der Waals surface area contributed by atoms with E-state index in [-0.39, 0.29) is 23.2 Å². The third kappa shape index (κ3) is 7.02. The van der Waals surface area contributed by atoms with Crippen LogP contribution < -0.4 is 24.4 Å². The summed E-state index contributed by atoms with van der Waals surface area (Å²) in [5.41, 5.74) is 1.53. The van der Waals surface area contributed by atoms with Crippen molar-refractivity contribution in [3.8, 4) is 11.5 Å². The second-order valence-electron chi connectivity index (χ2n) is 9.23. The fraction of sp³-hybridized carbons (Fsp3) is 0.286. The summed E-state index contributed by atoms with van der Waals surface area (Å²) in [5.74, 6) is 1.06. The van der Waals surface area contributed by atoms with Gasteiger partial charge in [0, 0.05) is 50.5 Å². The van der Waals surface area contributed by atoms with Crippen molar-refractivity contribution in [3.05, 3.63) is 72.3 Å². The zero-order valence-electron chi connectivity index (χ0n) is 22.7. The van der Waals surface area contributed by atoms with E-state index < -0.39 is 10.0 Å². The highest BCUT2D eigenvalue weighted by Crippen LogP contribution is 2.40. The van der Waals surface area contributed by atoms with E-state index in [1.165, 1.54) is 18.2 Å². The van der Waals surface area contributed by atoms with Crippen molar-refractivity contribution < 1.29 is 22.7 Å². The lowest BCUT2D eigenvalue weighted by Crippen LogP contribution is -2.48. The van der Waals surface area contributed by atoms with Crippen LogP contribution in [0.3, 0.4) is 0 Å². The summed E-state index contributed by atoms with van der Waals surface area (Å²) in [7, 11) is -0.494. The van der Waals surface area contributed by atoms with Gasteiger partial charge in [0.05, 0.1) is 23.8 Å². The number of ether oxygens (including phenoxy) is 2. The van der Waals surface area contributed by atoms with Gasteiger partial charge < -0.3 is 19.7 Å². The fourth-order valence-corrected chi connectivity index (χ4v) is 6.65. The number of hydrogen-bond donors (Lipinski definition) is 2. The van der Waals surface area contributed by atoms with Crippen LogP contribution in [0, 0.1) is 0 Å². The molecule has 0 unspecified atom stereocenters. The Bertz CT molecular complexity index is 1590. The Labute approximate surface area is 249 Å². The molecule has 2 N–H and O–H groups in total. The van der Waals surface area contributed by atoms with Crippen molar-refractivity contribution in [3.63, 3.8) is 0 Å². The Kier molecular flexibility index (Phi) is 9.92. The van der Waals surface area contributed by atoms with E-state index in [0.29, 0.717) is 35.8 Å². The minimum atomic E-state index is -3.73. The van der Waals surface area contributed by atoms with Crippen molar-refractivity contribution in [1.29, 1.82) is 0 Å². The van der Waals surface area contributed by atoms with Crippen LogP contribution in [0.5, 0.6) is 11.5 Å². The number of aromatic nitrogens is 1. The fourth-order valence-electron chi connectivity index (χ4n) is 4.56. The van der Waals surface area contributed by atoms with Crippen LogP contribution in [0.1, 0.15) is 10.4 Å². The van der Waals surface area contributed by atoms with Crippen molar-refractivity contribution in [1.82, 2.24) is 15.2 Å². The van der Waals surface area contributed by atoms with Crippen LogP contribution in [-0.4, -0.2) is 77.7 Å². The molecule has 1 aliphatic rings. The normalized spacial score (nSPS) is 13.9. The minimum absolute atomic E-state index is 0. The molecule has 218 valence electrons. The zero-order chi connectivity index (χ0) is 28.1. The summed E-state index contributed by atoms with van der Waals surface area (Å²) in [6, 6.07) is 18.5. The summed E-state index contributed by atoms with van der Waals surface area (Å²) in [6.07, 6.45) is 0. The molecule has 0 radical (unpaired) electrons. The summed E-state index contributed by atoms with van der Waals surface area (Å²) >= 11 is 1.64. The number of anilines is 2. The first-order valence-corrected chi connectivity index (χ1v) is 15.1. The van der Waals surface area contributed by atoms with Gasteiger partial charge in [-0.25, -0.2) is 13.4 Å². The maximum Gasteiger partial charge on any atom is 0.261 e. The van der Waals surface area contributed by atoms with Gasteiger partial charge in [-0.1, -0.05) is 35.6 Å². The molecule has 1 fully saturated rings. The molecule has 10 nitrogen and oxygen atoms in total. The third-order valence-electron chi connectivity index (χ3n) is 6.68. The quantitative estimate of drug-likeness (QED) is 0.274. The number of nitrogens with zero attached hydrogens (tertiary/aromatic N) is 3. The van der Waals surface area contributed by atoms with E-state index in [1.807, 2.05) is 12.1 Å². The Morgan fingerprint density at radius 2 is 1.73 bits per heavy atom. The predicted molar refractivity (Wildman–Crippen MR) is 165 cm³/mol. The molecule has 0 bridgehead atoms. The van der Waals surface area contributed by atoms with Gasteiger partial charge in [-0.2, -0.15) is 0 Å². The topological polar surface area (TPSA) is 113 Å². The molecule has 3 aromatic carbocycles. The Hall–Kier alpha value is -3.58. The molecule has 0 saturated carbocycles. The Morgan fingerprint density at radius 3 is 2.44 bits per heavy atom. The second-order valence-corrected chi connectivity index (χ2v) is 11.9. The first kappa shape index (κ1) is 30.4. The zero-order valence-corrected chi connectivity index (χ0v) is 25.2. The molecule has 13 heteroatoms. The SMILES string of the molecule is COc1ccc2sc(N3CCN(CCNC(=O)c4cccc(NS(=O)(=O)c5ccccc5)c4)CC3)nc2c1OC.Cl. The average Bonchev–Trinajstić information content (AvgIpc) is 3.42. The molecule has 1 saturated heterocycles. The minimum Gasteiger partial charge on any atom is -0.493 e. The van der Waals surface area contributed by atoms with E-state index in [2.05, 4.69) is 19.8 Å². The molecule has 1 aliphatic heterocycles. The van der Waals surface area contributed by atoms with Crippen molar-refractivity contribution in [2.75, 3.05) is 63.1 Å². The van der Waals surface area contributed by atoms with Gasteiger partial charge in [0.1, 0.15) is 5.52 Å². The Balaban J connectivity index is 0.00000387. The second kappa shape index (κ2) is 13.4. The molecular weight excluding hydrogens is 586 g/mol. The number of amides is 1. The van der Waals surface area contributed by atoms with Crippen LogP contribution in [0.2, 0.25) is 0 Å². The van der Waals surface area contributed by atoms with Gasteiger partial charge in [0.15, 0.2) is 16.6 Å². The number of benzene rings is 3. The number of halogens is 1. The van der Waals surface area contributed by atoms with Gasteiger partial charge in [-0.05, 0) is 42.5 Å². The van der Waals surface area contributed by atoms with Crippen molar-refractivity contribution >= 4 is 60.7 Å².